The predicted molar refractivity (Wildman–Crippen MR) is 89.5 cm³/mol. The minimum absolute atomic E-state index is 0.743. The molecule has 0 N–H and O–H groups in total. The summed E-state index contributed by atoms with van der Waals surface area (Å²) in [6, 6.07) is 10.4. The number of hydrogen-bond donors (Lipinski definition) is 0. The third-order valence-corrected chi connectivity index (χ3v) is 4.47. The molecule has 3 rings (SSSR count). The van der Waals surface area contributed by atoms with Gasteiger partial charge in [-0.2, -0.15) is 0 Å². The van der Waals surface area contributed by atoms with Crippen LogP contribution in [0.4, 0.5) is 5.95 Å². The molecule has 116 valence electrons. The van der Waals surface area contributed by atoms with Crippen LogP contribution in [0.15, 0.2) is 48.1 Å². The summed E-state index contributed by atoms with van der Waals surface area (Å²) < 4.78 is 7.62. The van der Waals surface area contributed by atoms with Gasteiger partial charge in [0, 0.05) is 18.8 Å². The zero-order chi connectivity index (χ0) is 15.2. The van der Waals surface area contributed by atoms with Crippen LogP contribution in [0.1, 0.15) is 5.56 Å². The zero-order valence-corrected chi connectivity index (χ0v) is 13.3. The number of nitrogens with zero attached hydrogens (tertiary/aromatic N) is 4. The molecule has 1 aromatic carbocycles. The lowest BCUT2D eigenvalue weighted by Gasteiger charge is -2.28. The van der Waals surface area contributed by atoms with Gasteiger partial charge in [-0.05, 0) is 5.56 Å². The molecule has 1 saturated heterocycles. The van der Waals surface area contributed by atoms with Gasteiger partial charge in [0.25, 0.3) is 0 Å². The van der Waals surface area contributed by atoms with Crippen LogP contribution < -0.4 is 4.90 Å². The number of morpholine rings is 1. The van der Waals surface area contributed by atoms with E-state index >= 15 is 0 Å². The highest BCUT2D eigenvalue weighted by molar-refractivity contribution is 7.99. The van der Waals surface area contributed by atoms with Gasteiger partial charge in [0.1, 0.15) is 0 Å². The maximum atomic E-state index is 5.43. The Morgan fingerprint density at radius 2 is 1.95 bits per heavy atom. The number of benzene rings is 1. The lowest BCUT2D eigenvalue weighted by atomic mass is 10.2. The van der Waals surface area contributed by atoms with Gasteiger partial charge in [-0.15, -0.1) is 16.8 Å². The standard InChI is InChI=1S/C16H20N4OS/c1-2-12-22-16-18-17-15(19-8-10-21-11-9-19)20(16)13-14-6-4-3-5-7-14/h2-7H,1,8-13H2. The highest BCUT2D eigenvalue weighted by Crippen LogP contribution is 2.24. The summed E-state index contributed by atoms with van der Waals surface area (Å²) in [4.78, 5) is 2.25. The fourth-order valence-corrected chi connectivity index (χ4v) is 3.09. The van der Waals surface area contributed by atoms with Gasteiger partial charge in [0.2, 0.25) is 5.95 Å². The number of hydrogen-bond acceptors (Lipinski definition) is 5. The Morgan fingerprint density at radius 1 is 1.18 bits per heavy atom. The molecule has 1 aromatic heterocycles. The van der Waals surface area contributed by atoms with E-state index in [1.165, 1.54) is 5.56 Å². The molecule has 0 radical (unpaired) electrons. The van der Waals surface area contributed by atoms with E-state index in [0.717, 1.165) is 49.7 Å². The van der Waals surface area contributed by atoms with Crippen molar-refractivity contribution in [3.05, 3.63) is 48.6 Å². The SMILES string of the molecule is C=CCSc1nnc(N2CCOCC2)n1Cc1ccccc1. The van der Waals surface area contributed by atoms with Gasteiger partial charge >= 0.3 is 0 Å². The molecule has 1 fully saturated rings. The maximum Gasteiger partial charge on any atom is 0.228 e. The summed E-state index contributed by atoms with van der Waals surface area (Å²) in [5, 5.41) is 9.72. The average molecular weight is 316 g/mol. The van der Waals surface area contributed by atoms with Gasteiger partial charge in [-0.3, -0.25) is 4.57 Å². The third-order valence-electron chi connectivity index (χ3n) is 3.51. The molecule has 22 heavy (non-hydrogen) atoms. The van der Waals surface area contributed by atoms with E-state index in [9.17, 15) is 0 Å². The summed E-state index contributed by atoms with van der Waals surface area (Å²) >= 11 is 1.66. The smallest absolute Gasteiger partial charge is 0.228 e. The average Bonchev–Trinajstić information content (AvgIpc) is 2.97. The van der Waals surface area contributed by atoms with Crippen molar-refractivity contribution in [2.24, 2.45) is 0 Å². The Bertz CT molecular complexity index is 608. The molecular formula is C16H20N4OS. The van der Waals surface area contributed by atoms with Crippen molar-refractivity contribution in [2.45, 2.75) is 11.7 Å². The summed E-state index contributed by atoms with van der Waals surface area (Å²) in [7, 11) is 0. The minimum Gasteiger partial charge on any atom is -0.378 e. The normalized spacial score (nSPS) is 15.0. The van der Waals surface area contributed by atoms with E-state index in [1.54, 1.807) is 11.8 Å². The molecule has 1 aliphatic rings. The van der Waals surface area contributed by atoms with Gasteiger partial charge in [0.15, 0.2) is 5.16 Å². The van der Waals surface area contributed by atoms with Crippen molar-refractivity contribution in [1.29, 1.82) is 0 Å². The molecule has 0 amide bonds. The lowest BCUT2D eigenvalue weighted by molar-refractivity contribution is 0.121. The van der Waals surface area contributed by atoms with Crippen molar-refractivity contribution in [3.63, 3.8) is 0 Å². The third kappa shape index (κ3) is 3.51. The summed E-state index contributed by atoms with van der Waals surface area (Å²) in [5.41, 5.74) is 1.25. The zero-order valence-electron chi connectivity index (χ0n) is 12.5. The number of thioether (sulfide) groups is 1. The summed E-state index contributed by atoms with van der Waals surface area (Å²) in [6.45, 7) is 7.77. The first-order valence-electron chi connectivity index (χ1n) is 7.42. The van der Waals surface area contributed by atoms with E-state index in [2.05, 4.69) is 50.5 Å². The largest absolute Gasteiger partial charge is 0.378 e. The molecule has 0 unspecified atom stereocenters. The molecular weight excluding hydrogens is 296 g/mol. The molecule has 5 nitrogen and oxygen atoms in total. The predicted octanol–water partition coefficient (Wildman–Crippen LogP) is 2.44. The molecule has 0 saturated carbocycles. The molecule has 2 aromatic rings. The topological polar surface area (TPSA) is 43.2 Å². The van der Waals surface area contributed by atoms with Gasteiger partial charge < -0.3 is 9.64 Å². The number of aromatic nitrogens is 3. The summed E-state index contributed by atoms with van der Waals surface area (Å²) in [5.74, 6) is 1.76. The van der Waals surface area contributed by atoms with E-state index < -0.39 is 0 Å². The molecule has 0 aliphatic carbocycles. The van der Waals surface area contributed by atoms with Crippen molar-refractivity contribution in [3.8, 4) is 0 Å². The van der Waals surface area contributed by atoms with Crippen LogP contribution in [-0.4, -0.2) is 46.8 Å². The fraction of sp³-hybridized carbons (Fsp3) is 0.375. The molecule has 2 heterocycles. The number of rotatable bonds is 6. The van der Waals surface area contributed by atoms with Crippen LogP contribution in [0.2, 0.25) is 0 Å². The number of anilines is 1. The van der Waals surface area contributed by atoms with E-state index in [1.807, 2.05) is 12.1 Å². The second-order valence-electron chi connectivity index (χ2n) is 5.05. The maximum absolute atomic E-state index is 5.43. The molecule has 6 heteroatoms. The van der Waals surface area contributed by atoms with Gasteiger partial charge in [-0.25, -0.2) is 0 Å². The van der Waals surface area contributed by atoms with Gasteiger partial charge in [0.05, 0.1) is 19.8 Å². The van der Waals surface area contributed by atoms with Crippen molar-refractivity contribution < 1.29 is 4.74 Å². The van der Waals surface area contributed by atoms with Gasteiger partial charge in [-0.1, -0.05) is 48.2 Å². The Labute approximate surface area is 135 Å². The number of ether oxygens (including phenoxy) is 1. The highest BCUT2D eigenvalue weighted by atomic mass is 32.2. The van der Waals surface area contributed by atoms with E-state index in [4.69, 9.17) is 4.74 Å². The Morgan fingerprint density at radius 3 is 2.68 bits per heavy atom. The fourth-order valence-electron chi connectivity index (χ4n) is 2.42. The van der Waals surface area contributed by atoms with Crippen LogP contribution in [0.5, 0.6) is 0 Å². The van der Waals surface area contributed by atoms with Crippen LogP contribution in [0.3, 0.4) is 0 Å². The highest BCUT2D eigenvalue weighted by Gasteiger charge is 2.20. The van der Waals surface area contributed by atoms with Crippen molar-refractivity contribution >= 4 is 17.7 Å². The van der Waals surface area contributed by atoms with Crippen LogP contribution in [-0.2, 0) is 11.3 Å². The summed E-state index contributed by atoms with van der Waals surface area (Å²) in [6.07, 6.45) is 1.89. The Hall–Kier alpha value is -1.79. The lowest BCUT2D eigenvalue weighted by Crippen LogP contribution is -2.38. The van der Waals surface area contributed by atoms with Crippen LogP contribution >= 0.6 is 11.8 Å². The van der Waals surface area contributed by atoms with Crippen molar-refractivity contribution in [2.75, 3.05) is 37.0 Å². The first-order chi connectivity index (χ1) is 10.9. The molecule has 1 aliphatic heterocycles. The Balaban J connectivity index is 1.88. The second kappa shape index (κ2) is 7.47. The van der Waals surface area contributed by atoms with E-state index in [-0.39, 0.29) is 0 Å². The molecule has 0 bridgehead atoms. The Kier molecular flexibility index (Phi) is 5.13. The molecule has 0 spiro atoms. The first kappa shape index (κ1) is 15.1. The van der Waals surface area contributed by atoms with E-state index in [0.29, 0.717) is 0 Å². The van der Waals surface area contributed by atoms with Crippen molar-refractivity contribution in [1.82, 2.24) is 14.8 Å². The first-order valence-corrected chi connectivity index (χ1v) is 8.40. The van der Waals surface area contributed by atoms with Crippen LogP contribution in [0.25, 0.3) is 0 Å². The second-order valence-corrected chi connectivity index (χ2v) is 6.04. The monoisotopic (exact) mass is 316 g/mol. The molecule has 0 atom stereocenters. The minimum atomic E-state index is 0.743. The van der Waals surface area contributed by atoms with Crippen LogP contribution in [0, 0.1) is 0 Å². The quantitative estimate of drug-likeness (QED) is 0.605.